The number of carbonyl (C=O) groups is 2. The fourth-order valence-corrected chi connectivity index (χ4v) is 5.61. The zero-order valence-electron chi connectivity index (χ0n) is 28.6. The fraction of sp³-hybridized carbons (Fsp3) is 0.100. The normalized spacial score (nSPS) is 11.4. The van der Waals surface area contributed by atoms with E-state index in [0.29, 0.717) is 24.7 Å². The van der Waals surface area contributed by atoms with Crippen LogP contribution in [0, 0.1) is 0 Å². The van der Waals surface area contributed by atoms with Crippen molar-refractivity contribution in [2.24, 2.45) is 24.3 Å². The van der Waals surface area contributed by atoms with E-state index < -0.39 is 11.8 Å². The largest absolute Gasteiger partial charge is 0.485 e. The Morgan fingerprint density at radius 2 is 1.06 bits per heavy atom. The summed E-state index contributed by atoms with van der Waals surface area (Å²) in [5, 5.41) is 8.15. The molecule has 0 aliphatic rings. The minimum Gasteiger partial charge on any atom is -0.485 e. The highest BCUT2D eigenvalue weighted by atomic mass is 16.5. The molecule has 2 amide bonds. The molecule has 0 spiro atoms. The minimum atomic E-state index is -0.455. The molecule has 4 heterocycles. The summed E-state index contributed by atoms with van der Waals surface area (Å²) in [6, 6.07) is 33.2. The molecule has 52 heavy (non-hydrogen) atoms. The van der Waals surface area contributed by atoms with Crippen molar-refractivity contribution in [3.8, 4) is 11.5 Å². The Kier molecular flexibility index (Phi) is 9.78. The van der Waals surface area contributed by atoms with Crippen LogP contribution in [-0.4, -0.2) is 33.4 Å². The standard InChI is InChI=1S/C40H34N8O4/c1-45-33(25-47-20-5-3-10-37(45)47)27-51-35-16-12-29(13-17-35)23-41-43-39(49)31-8-7-9-32(22-31)40(50)44-42-24-30-14-18-36(19-15-30)52-28-34-26-48-21-6-4-11-38(48)46(34)2/h3-26H,27-28H2,1-2H3/p+2. The Bertz CT molecular complexity index is 2260. The average molecular weight is 693 g/mol. The van der Waals surface area contributed by atoms with E-state index in [0.717, 1.165) is 33.8 Å². The molecule has 0 unspecified atom stereocenters. The highest BCUT2D eigenvalue weighted by molar-refractivity contribution is 6.00. The maximum absolute atomic E-state index is 12.8. The SMILES string of the molecule is Cn1c(COc2ccc(C=NNC(=O)c3cccc(C(=O)NN=Cc4ccc(OCc5c[n+]6ccccc6n5C)cc4)c3)cc2)c[n+]2ccccc12. The summed E-state index contributed by atoms with van der Waals surface area (Å²) < 4.78 is 20.2. The number of aromatic nitrogens is 4. The first-order valence-electron chi connectivity index (χ1n) is 16.5. The number of fused-ring (bicyclic) bond motifs is 2. The van der Waals surface area contributed by atoms with Crippen molar-refractivity contribution in [2.75, 3.05) is 0 Å². The number of benzene rings is 3. The molecule has 0 aliphatic carbocycles. The number of amides is 2. The van der Waals surface area contributed by atoms with Gasteiger partial charge in [0.2, 0.25) is 0 Å². The summed E-state index contributed by atoms with van der Waals surface area (Å²) in [6.07, 6.45) is 11.2. The van der Waals surface area contributed by atoms with E-state index in [2.05, 4.69) is 39.0 Å². The molecule has 0 atom stereocenters. The predicted molar refractivity (Wildman–Crippen MR) is 195 cm³/mol. The van der Waals surface area contributed by atoms with Crippen LogP contribution in [0.25, 0.3) is 11.3 Å². The Hall–Kier alpha value is -7.08. The van der Waals surface area contributed by atoms with E-state index in [4.69, 9.17) is 9.47 Å². The second-order valence-corrected chi connectivity index (χ2v) is 12.0. The van der Waals surface area contributed by atoms with Gasteiger partial charge in [0.15, 0.2) is 24.6 Å². The van der Waals surface area contributed by atoms with Crippen LogP contribution in [0.3, 0.4) is 0 Å². The van der Waals surface area contributed by atoms with Gasteiger partial charge in [0.1, 0.15) is 23.9 Å². The van der Waals surface area contributed by atoms with Gasteiger partial charge in [0.25, 0.3) is 23.1 Å². The van der Waals surface area contributed by atoms with Gasteiger partial charge >= 0.3 is 0 Å². The number of pyridine rings is 2. The van der Waals surface area contributed by atoms with Gasteiger partial charge in [-0.15, -0.1) is 0 Å². The van der Waals surface area contributed by atoms with Crippen molar-refractivity contribution in [3.63, 3.8) is 0 Å². The van der Waals surface area contributed by atoms with Crippen LogP contribution in [0.4, 0.5) is 0 Å². The van der Waals surface area contributed by atoms with Crippen LogP contribution in [0.1, 0.15) is 43.2 Å². The lowest BCUT2D eigenvalue weighted by Gasteiger charge is -2.05. The lowest BCUT2D eigenvalue weighted by atomic mass is 10.1. The molecule has 2 N–H and O–H groups in total. The van der Waals surface area contributed by atoms with Crippen LogP contribution in [0.5, 0.6) is 11.5 Å². The molecule has 258 valence electrons. The van der Waals surface area contributed by atoms with E-state index in [1.165, 1.54) is 18.5 Å². The lowest BCUT2D eigenvalue weighted by molar-refractivity contribution is -0.511. The number of nitrogens with zero attached hydrogens (tertiary/aromatic N) is 6. The summed E-state index contributed by atoms with van der Waals surface area (Å²) in [6.45, 7) is 0.838. The van der Waals surface area contributed by atoms with E-state index in [-0.39, 0.29) is 11.1 Å². The molecule has 3 aromatic carbocycles. The molecule has 7 rings (SSSR count). The van der Waals surface area contributed by atoms with Gasteiger partial charge in [-0.05, 0) is 90.0 Å². The number of nitrogens with one attached hydrogen (secondary N) is 2. The molecule has 7 aromatic rings. The first-order chi connectivity index (χ1) is 25.4. The molecular weight excluding hydrogens is 656 g/mol. The highest BCUT2D eigenvalue weighted by Gasteiger charge is 2.15. The molecule has 12 nitrogen and oxygen atoms in total. The Balaban J connectivity index is 0.866. The number of hydrazone groups is 2. The van der Waals surface area contributed by atoms with Crippen LogP contribution >= 0.6 is 0 Å². The number of ether oxygens (including phenoxy) is 2. The van der Waals surface area contributed by atoms with E-state index in [1.807, 2.05) is 124 Å². The van der Waals surface area contributed by atoms with Crippen molar-refractivity contribution >= 4 is 35.5 Å². The topological polar surface area (TPSA) is 119 Å². The summed E-state index contributed by atoms with van der Waals surface area (Å²) in [5.74, 6) is 0.518. The number of rotatable bonds is 12. The second kappa shape index (κ2) is 15.2. The van der Waals surface area contributed by atoms with Gasteiger partial charge in [-0.3, -0.25) is 9.59 Å². The Morgan fingerprint density at radius 3 is 1.48 bits per heavy atom. The molecule has 0 saturated heterocycles. The third-order valence-corrected chi connectivity index (χ3v) is 8.54. The Labute approximate surface area is 299 Å². The summed E-state index contributed by atoms with van der Waals surface area (Å²) >= 11 is 0. The lowest BCUT2D eigenvalue weighted by Crippen LogP contribution is -2.20. The van der Waals surface area contributed by atoms with E-state index >= 15 is 0 Å². The highest BCUT2D eigenvalue weighted by Crippen LogP contribution is 2.16. The smallest absolute Gasteiger partial charge is 0.286 e. The van der Waals surface area contributed by atoms with Crippen molar-refractivity contribution in [2.45, 2.75) is 13.2 Å². The van der Waals surface area contributed by atoms with Gasteiger partial charge < -0.3 is 9.47 Å². The van der Waals surface area contributed by atoms with Crippen LogP contribution in [0.2, 0.25) is 0 Å². The number of imidazole rings is 2. The molecule has 0 radical (unpaired) electrons. The van der Waals surface area contributed by atoms with Gasteiger partial charge in [0.05, 0.1) is 38.9 Å². The van der Waals surface area contributed by atoms with Crippen molar-refractivity contribution in [1.82, 2.24) is 20.0 Å². The zero-order valence-corrected chi connectivity index (χ0v) is 28.6. The van der Waals surface area contributed by atoms with Crippen molar-refractivity contribution in [3.05, 3.63) is 168 Å². The number of aryl methyl sites for hydroxylation is 2. The summed E-state index contributed by atoms with van der Waals surface area (Å²) in [7, 11) is 4.02. The number of hydrogen-bond acceptors (Lipinski definition) is 6. The second-order valence-electron chi connectivity index (χ2n) is 12.0. The van der Waals surface area contributed by atoms with Gasteiger partial charge in [0, 0.05) is 23.3 Å². The maximum Gasteiger partial charge on any atom is 0.286 e. The number of carbonyl (C=O) groups excluding carboxylic acids is 2. The average Bonchev–Trinajstić information content (AvgIpc) is 3.68. The minimum absolute atomic E-state index is 0.279. The third kappa shape index (κ3) is 7.71. The van der Waals surface area contributed by atoms with Crippen LogP contribution in [-0.2, 0) is 27.3 Å². The van der Waals surface area contributed by atoms with Gasteiger partial charge in [-0.2, -0.15) is 10.2 Å². The third-order valence-electron chi connectivity index (χ3n) is 8.54. The van der Waals surface area contributed by atoms with Crippen molar-refractivity contribution < 1.29 is 27.9 Å². The van der Waals surface area contributed by atoms with Gasteiger partial charge in [-0.1, -0.05) is 18.2 Å². The van der Waals surface area contributed by atoms with Gasteiger partial charge in [-0.25, -0.2) is 28.8 Å². The fourth-order valence-electron chi connectivity index (χ4n) is 5.61. The first-order valence-corrected chi connectivity index (χ1v) is 16.5. The maximum atomic E-state index is 12.8. The summed E-state index contributed by atoms with van der Waals surface area (Å²) in [4.78, 5) is 25.5. The first kappa shape index (κ1) is 33.4. The Morgan fingerprint density at radius 1 is 0.615 bits per heavy atom. The monoisotopic (exact) mass is 692 g/mol. The molecular formula is C40H36N8O4+2. The quantitative estimate of drug-likeness (QED) is 0.111. The van der Waals surface area contributed by atoms with Crippen molar-refractivity contribution in [1.29, 1.82) is 0 Å². The molecule has 0 saturated carbocycles. The molecule has 0 bridgehead atoms. The predicted octanol–water partition coefficient (Wildman–Crippen LogP) is 4.53. The van der Waals surface area contributed by atoms with Crippen LogP contribution in [0.15, 0.2) is 144 Å². The zero-order chi connectivity index (χ0) is 35.9. The van der Waals surface area contributed by atoms with E-state index in [1.54, 1.807) is 18.2 Å². The van der Waals surface area contributed by atoms with Crippen LogP contribution < -0.4 is 29.1 Å². The molecule has 4 aromatic heterocycles. The molecule has 0 fully saturated rings. The number of hydrogen-bond donors (Lipinski definition) is 2. The molecule has 12 heteroatoms. The molecule has 0 aliphatic heterocycles. The summed E-state index contributed by atoms with van der Waals surface area (Å²) in [5.41, 5.74) is 11.4. The van der Waals surface area contributed by atoms with E-state index in [9.17, 15) is 9.59 Å².